The van der Waals surface area contributed by atoms with E-state index in [9.17, 15) is 0 Å². The minimum absolute atomic E-state index is 0. The molecule has 2 aromatic rings. The van der Waals surface area contributed by atoms with E-state index >= 15 is 0 Å². The van der Waals surface area contributed by atoms with Crippen LogP contribution in [-0.4, -0.2) is 50.9 Å². The van der Waals surface area contributed by atoms with E-state index in [1.165, 1.54) is 32.1 Å². The molecule has 32 heavy (non-hydrogen) atoms. The van der Waals surface area contributed by atoms with E-state index in [1.54, 1.807) is 0 Å². The topological polar surface area (TPSA) is 83.3 Å². The average Bonchev–Trinajstić information content (AvgIpc) is 3.11. The van der Waals surface area contributed by atoms with Crippen LogP contribution in [0, 0.1) is 13.8 Å². The normalized spacial score (nSPS) is 18.3. The van der Waals surface area contributed by atoms with Crippen LogP contribution in [0.15, 0.2) is 23.2 Å². The number of nitrogens with zero attached hydrogens (tertiary/aromatic N) is 6. The number of rotatable bonds is 5. The number of guanidine groups is 1. The van der Waals surface area contributed by atoms with E-state index in [1.807, 2.05) is 18.5 Å². The molecular formula is C23H37IN8. The minimum atomic E-state index is 0. The second-order valence-corrected chi connectivity index (χ2v) is 8.91. The number of pyridine rings is 1. The Kier molecular flexibility index (Phi) is 9.12. The summed E-state index contributed by atoms with van der Waals surface area (Å²) in [6.07, 6.45) is 8.54. The Morgan fingerprint density at radius 2 is 1.69 bits per heavy atom. The number of aliphatic imine (C=N–C) groups is 1. The number of aryl methyl sites for hydroxylation is 2. The summed E-state index contributed by atoms with van der Waals surface area (Å²) in [7, 11) is 2.00. The van der Waals surface area contributed by atoms with Crippen molar-refractivity contribution in [2.24, 2.45) is 12.0 Å². The van der Waals surface area contributed by atoms with Crippen LogP contribution >= 0.6 is 24.0 Å². The molecule has 1 saturated heterocycles. The molecule has 0 radical (unpaired) electrons. The first-order chi connectivity index (χ1) is 15.1. The molecule has 1 saturated carbocycles. The molecule has 1 aliphatic carbocycles. The average molecular weight is 553 g/mol. The lowest BCUT2D eigenvalue weighted by molar-refractivity contribution is 0.401. The van der Waals surface area contributed by atoms with Gasteiger partial charge < -0.3 is 20.1 Å². The van der Waals surface area contributed by atoms with Crippen LogP contribution in [-0.2, 0) is 13.6 Å². The summed E-state index contributed by atoms with van der Waals surface area (Å²) in [5.74, 6) is 3.81. The van der Waals surface area contributed by atoms with E-state index in [4.69, 9.17) is 4.99 Å². The second kappa shape index (κ2) is 11.8. The van der Waals surface area contributed by atoms with Gasteiger partial charge in [-0.3, -0.25) is 0 Å². The van der Waals surface area contributed by atoms with Gasteiger partial charge in [0.05, 0.1) is 0 Å². The van der Waals surface area contributed by atoms with Gasteiger partial charge >= 0.3 is 0 Å². The number of anilines is 1. The second-order valence-electron chi connectivity index (χ2n) is 8.91. The Morgan fingerprint density at radius 3 is 2.31 bits per heavy atom. The smallest absolute Gasteiger partial charge is 0.192 e. The number of hydrogen-bond donors (Lipinski definition) is 2. The minimum Gasteiger partial charge on any atom is -0.356 e. The monoisotopic (exact) mass is 552 g/mol. The van der Waals surface area contributed by atoms with Crippen molar-refractivity contribution in [2.45, 2.75) is 77.4 Å². The molecule has 2 aliphatic rings. The third kappa shape index (κ3) is 6.55. The first-order valence-electron chi connectivity index (χ1n) is 11.7. The largest absolute Gasteiger partial charge is 0.356 e. The molecule has 2 N–H and O–H groups in total. The van der Waals surface area contributed by atoms with Gasteiger partial charge in [-0.1, -0.05) is 25.3 Å². The third-order valence-electron chi connectivity index (χ3n) is 6.54. The molecule has 176 valence electrons. The fraction of sp³-hybridized carbons (Fsp3) is 0.652. The molecule has 0 spiro atoms. The number of aromatic nitrogens is 4. The lowest BCUT2D eigenvalue weighted by Crippen LogP contribution is -2.51. The van der Waals surface area contributed by atoms with E-state index in [-0.39, 0.29) is 24.0 Å². The van der Waals surface area contributed by atoms with Gasteiger partial charge in [0.2, 0.25) is 0 Å². The summed E-state index contributed by atoms with van der Waals surface area (Å²) in [5.41, 5.74) is 1.07. The Balaban J connectivity index is 0.00000289. The molecule has 0 atom stereocenters. The van der Waals surface area contributed by atoms with Gasteiger partial charge in [0.25, 0.3) is 0 Å². The highest BCUT2D eigenvalue weighted by Gasteiger charge is 2.22. The molecule has 3 heterocycles. The SMILES string of the molecule is Cc1cccc(N2CCC(NC(=NCc3nnc(C)n3C)NC3CCCCC3)CC2)n1.I. The molecule has 2 fully saturated rings. The van der Waals surface area contributed by atoms with Crippen molar-refractivity contribution in [2.75, 3.05) is 18.0 Å². The highest BCUT2D eigenvalue weighted by molar-refractivity contribution is 14.0. The quantitative estimate of drug-likeness (QED) is 0.336. The summed E-state index contributed by atoms with van der Waals surface area (Å²) in [6.45, 7) is 6.57. The highest BCUT2D eigenvalue weighted by Crippen LogP contribution is 2.19. The Morgan fingerprint density at radius 1 is 1.00 bits per heavy atom. The maximum atomic E-state index is 4.89. The van der Waals surface area contributed by atoms with Crippen molar-refractivity contribution in [3.05, 3.63) is 35.5 Å². The highest BCUT2D eigenvalue weighted by atomic mass is 127. The summed E-state index contributed by atoms with van der Waals surface area (Å²) in [4.78, 5) is 12.0. The zero-order valence-electron chi connectivity index (χ0n) is 19.5. The predicted octanol–water partition coefficient (Wildman–Crippen LogP) is 3.48. The van der Waals surface area contributed by atoms with Gasteiger partial charge in [-0.25, -0.2) is 9.98 Å². The van der Waals surface area contributed by atoms with Crippen molar-refractivity contribution in [1.29, 1.82) is 0 Å². The molecule has 0 aromatic carbocycles. The van der Waals surface area contributed by atoms with Crippen molar-refractivity contribution in [3.8, 4) is 0 Å². The maximum absolute atomic E-state index is 4.89. The van der Waals surface area contributed by atoms with Crippen molar-refractivity contribution >= 4 is 35.8 Å². The molecular weight excluding hydrogens is 515 g/mol. The van der Waals surface area contributed by atoms with E-state index in [0.717, 1.165) is 55.1 Å². The molecule has 2 aromatic heterocycles. The van der Waals surface area contributed by atoms with Gasteiger partial charge in [0.15, 0.2) is 11.8 Å². The Bertz CT molecular complexity index is 882. The van der Waals surface area contributed by atoms with Crippen LogP contribution in [0.4, 0.5) is 5.82 Å². The molecule has 8 nitrogen and oxygen atoms in total. The van der Waals surface area contributed by atoms with E-state index in [0.29, 0.717) is 18.6 Å². The number of piperidine rings is 1. The lowest BCUT2D eigenvalue weighted by Gasteiger charge is -2.34. The standard InChI is InChI=1S/C23H36N8.HI/c1-17-8-7-11-21(25-17)31-14-12-20(13-15-31)27-23(26-19-9-5-4-6-10-19)24-16-22-29-28-18(2)30(22)3;/h7-8,11,19-20H,4-6,9-10,12-16H2,1-3H3,(H2,24,26,27);1H. The Hall–Kier alpha value is -1.91. The number of halogens is 1. The molecule has 0 unspecified atom stereocenters. The van der Waals surface area contributed by atoms with Crippen molar-refractivity contribution in [1.82, 2.24) is 30.4 Å². The molecule has 4 rings (SSSR count). The maximum Gasteiger partial charge on any atom is 0.192 e. The van der Waals surface area contributed by atoms with E-state index in [2.05, 4.69) is 55.8 Å². The zero-order chi connectivity index (χ0) is 21.6. The molecule has 0 amide bonds. The molecule has 0 bridgehead atoms. The van der Waals surface area contributed by atoms with Crippen LogP contribution < -0.4 is 15.5 Å². The molecule has 1 aliphatic heterocycles. The third-order valence-corrected chi connectivity index (χ3v) is 6.54. The first kappa shape index (κ1) is 24.7. The summed E-state index contributed by atoms with van der Waals surface area (Å²) in [6, 6.07) is 7.18. The Labute approximate surface area is 208 Å². The van der Waals surface area contributed by atoms with Gasteiger partial charge in [0.1, 0.15) is 18.2 Å². The fourth-order valence-electron chi connectivity index (χ4n) is 4.46. The number of hydrogen-bond acceptors (Lipinski definition) is 5. The number of nitrogens with one attached hydrogen (secondary N) is 2. The van der Waals surface area contributed by atoms with Crippen LogP contribution in [0.3, 0.4) is 0 Å². The zero-order valence-corrected chi connectivity index (χ0v) is 21.9. The van der Waals surface area contributed by atoms with Crippen molar-refractivity contribution in [3.63, 3.8) is 0 Å². The van der Waals surface area contributed by atoms with Crippen LogP contribution in [0.2, 0.25) is 0 Å². The predicted molar refractivity (Wildman–Crippen MR) is 140 cm³/mol. The van der Waals surface area contributed by atoms with Gasteiger partial charge in [0, 0.05) is 37.9 Å². The van der Waals surface area contributed by atoms with Crippen molar-refractivity contribution < 1.29 is 0 Å². The summed E-state index contributed by atoms with van der Waals surface area (Å²) in [5, 5.41) is 15.9. The van der Waals surface area contributed by atoms with Crippen LogP contribution in [0.25, 0.3) is 0 Å². The lowest BCUT2D eigenvalue weighted by atomic mass is 9.95. The van der Waals surface area contributed by atoms with E-state index < -0.39 is 0 Å². The fourth-order valence-corrected chi connectivity index (χ4v) is 4.46. The van der Waals surface area contributed by atoms with Crippen LogP contribution in [0.5, 0.6) is 0 Å². The molecule has 9 heteroatoms. The van der Waals surface area contributed by atoms with Gasteiger partial charge in [-0.05, 0) is 51.7 Å². The van der Waals surface area contributed by atoms with Gasteiger partial charge in [-0.2, -0.15) is 0 Å². The first-order valence-corrected chi connectivity index (χ1v) is 11.7. The van der Waals surface area contributed by atoms with Crippen LogP contribution in [0.1, 0.15) is 62.3 Å². The summed E-state index contributed by atoms with van der Waals surface area (Å²) >= 11 is 0. The summed E-state index contributed by atoms with van der Waals surface area (Å²) < 4.78 is 2.01. The van der Waals surface area contributed by atoms with Gasteiger partial charge in [-0.15, -0.1) is 34.2 Å².